The topological polar surface area (TPSA) is 43.8 Å². The third-order valence-electron chi connectivity index (χ3n) is 3.74. The Bertz CT molecular complexity index is 557. The zero-order valence-electron chi connectivity index (χ0n) is 10.8. The van der Waals surface area contributed by atoms with Crippen molar-refractivity contribution in [1.82, 2.24) is 9.55 Å². The monoisotopic (exact) mass is 241 g/mol. The van der Waals surface area contributed by atoms with E-state index in [1.165, 1.54) is 16.7 Å². The summed E-state index contributed by atoms with van der Waals surface area (Å²) in [6.07, 6.45) is 7.21. The highest BCUT2D eigenvalue weighted by Crippen LogP contribution is 2.35. The Morgan fingerprint density at radius 3 is 3.17 bits per heavy atom. The number of benzene rings is 1. The van der Waals surface area contributed by atoms with Gasteiger partial charge in [0.15, 0.2) is 0 Å². The minimum atomic E-state index is 0.203. The smallest absolute Gasteiger partial charge is 0.140 e. The molecule has 0 amide bonds. The maximum Gasteiger partial charge on any atom is 0.140 e. The summed E-state index contributed by atoms with van der Waals surface area (Å²) in [7, 11) is 0. The van der Waals surface area contributed by atoms with Gasteiger partial charge in [-0.25, -0.2) is 4.98 Å². The number of aryl methyl sites for hydroxylation is 1. The van der Waals surface area contributed by atoms with Crippen LogP contribution in [0.5, 0.6) is 0 Å². The maximum absolute atomic E-state index is 6.14. The van der Waals surface area contributed by atoms with Gasteiger partial charge in [-0.05, 0) is 30.4 Å². The van der Waals surface area contributed by atoms with Crippen molar-refractivity contribution in [1.29, 1.82) is 0 Å². The van der Waals surface area contributed by atoms with E-state index in [4.69, 9.17) is 5.73 Å². The Balaban J connectivity index is 2.10. The molecular formula is C15H19N3. The number of aromatic nitrogens is 2. The van der Waals surface area contributed by atoms with Crippen LogP contribution in [0.1, 0.15) is 36.9 Å². The lowest BCUT2D eigenvalue weighted by atomic mass is 10.0. The van der Waals surface area contributed by atoms with E-state index < -0.39 is 0 Å². The lowest BCUT2D eigenvalue weighted by molar-refractivity contribution is 0.685. The number of rotatable bonds is 3. The summed E-state index contributed by atoms with van der Waals surface area (Å²) in [5, 5.41) is 0. The van der Waals surface area contributed by atoms with E-state index in [1.807, 2.05) is 6.20 Å². The van der Waals surface area contributed by atoms with Crippen LogP contribution < -0.4 is 5.73 Å². The van der Waals surface area contributed by atoms with Crippen molar-refractivity contribution >= 4 is 0 Å². The van der Waals surface area contributed by atoms with Crippen molar-refractivity contribution in [3.8, 4) is 11.4 Å². The number of fused-ring (bicyclic) bond motifs is 1. The molecule has 1 aromatic heterocycles. The lowest BCUT2D eigenvalue weighted by Crippen LogP contribution is -2.05. The third-order valence-corrected chi connectivity index (χ3v) is 3.74. The Labute approximate surface area is 108 Å². The molecule has 1 unspecified atom stereocenters. The standard InChI is InChI=1S/C15H19N3/c1-2-9-18-10-8-17-15(18)13-5-3-4-12-11(13)6-7-14(12)16/h3-5,8,10,14H,2,6-7,9,16H2,1H3. The van der Waals surface area contributed by atoms with Gasteiger partial charge in [0.25, 0.3) is 0 Å². The normalized spacial score (nSPS) is 18.0. The number of nitrogens with zero attached hydrogens (tertiary/aromatic N) is 2. The molecule has 3 heteroatoms. The number of nitrogens with two attached hydrogens (primary N) is 1. The summed E-state index contributed by atoms with van der Waals surface area (Å²) < 4.78 is 2.24. The van der Waals surface area contributed by atoms with Gasteiger partial charge in [-0.3, -0.25) is 0 Å². The number of hydrogen-bond donors (Lipinski definition) is 1. The van der Waals surface area contributed by atoms with Gasteiger partial charge in [0.05, 0.1) is 0 Å². The van der Waals surface area contributed by atoms with E-state index in [0.29, 0.717) is 0 Å². The van der Waals surface area contributed by atoms with Crippen LogP contribution in [0, 0.1) is 0 Å². The number of hydrogen-bond acceptors (Lipinski definition) is 2. The molecule has 2 N–H and O–H groups in total. The average molecular weight is 241 g/mol. The molecule has 2 aromatic rings. The first kappa shape index (κ1) is 11.5. The van der Waals surface area contributed by atoms with Crippen LogP contribution in [0.3, 0.4) is 0 Å². The molecule has 0 radical (unpaired) electrons. The molecule has 0 bridgehead atoms. The first-order chi connectivity index (χ1) is 8.81. The SMILES string of the molecule is CCCn1ccnc1-c1cccc2c1CCC2N. The highest BCUT2D eigenvalue weighted by molar-refractivity contribution is 5.64. The fourth-order valence-electron chi connectivity index (χ4n) is 2.87. The van der Waals surface area contributed by atoms with Gasteiger partial charge in [0.2, 0.25) is 0 Å². The van der Waals surface area contributed by atoms with Crippen LogP contribution in [0.2, 0.25) is 0 Å². The fourth-order valence-corrected chi connectivity index (χ4v) is 2.87. The van der Waals surface area contributed by atoms with Crippen LogP contribution in [-0.2, 0) is 13.0 Å². The second-order valence-electron chi connectivity index (χ2n) is 4.96. The summed E-state index contributed by atoms with van der Waals surface area (Å²) in [6, 6.07) is 6.63. The molecular weight excluding hydrogens is 222 g/mol. The van der Waals surface area contributed by atoms with Gasteiger partial charge in [-0.15, -0.1) is 0 Å². The summed E-state index contributed by atoms with van der Waals surface area (Å²) >= 11 is 0. The minimum absolute atomic E-state index is 0.203. The quantitative estimate of drug-likeness (QED) is 0.898. The summed E-state index contributed by atoms with van der Waals surface area (Å²) in [4.78, 5) is 4.53. The summed E-state index contributed by atoms with van der Waals surface area (Å²) in [5.74, 6) is 1.09. The predicted octanol–water partition coefficient (Wildman–Crippen LogP) is 2.91. The maximum atomic E-state index is 6.14. The minimum Gasteiger partial charge on any atom is -0.331 e. The van der Waals surface area contributed by atoms with E-state index in [1.54, 1.807) is 0 Å². The first-order valence-corrected chi connectivity index (χ1v) is 6.70. The molecule has 94 valence electrons. The largest absolute Gasteiger partial charge is 0.331 e. The molecule has 0 saturated carbocycles. The highest BCUT2D eigenvalue weighted by Gasteiger charge is 2.23. The molecule has 3 rings (SSSR count). The van der Waals surface area contributed by atoms with Gasteiger partial charge in [-0.1, -0.05) is 25.1 Å². The van der Waals surface area contributed by atoms with E-state index in [-0.39, 0.29) is 6.04 Å². The third kappa shape index (κ3) is 1.75. The fraction of sp³-hybridized carbons (Fsp3) is 0.400. The molecule has 0 saturated heterocycles. The molecule has 18 heavy (non-hydrogen) atoms. The van der Waals surface area contributed by atoms with Gasteiger partial charge in [0.1, 0.15) is 5.82 Å². The molecule has 1 aromatic carbocycles. The highest BCUT2D eigenvalue weighted by atomic mass is 15.1. The predicted molar refractivity (Wildman–Crippen MR) is 73.2 cm³/mol. The Kier molecular flexibility index (Phi) is 2.92. The molecule has 1 heterocycles. The molecule has 1 atom stereocenters. The molecule has 0 fully saturated rings. The molecule has 1 aliphatic rings. The van der Waals surface area contributed by atoms with Crippen molar-refractivity contribution < 1.29 is 0 Å². The summed E-state index contributed by atoms with van der Waals surface area (Å²) in [6.45, 7) is 3.21. The zero-order valence-corrected chi connectivity index (χ0v) is 10.8. The van der Waals surface area contributed by atoms with Crippen molar-refractivity contribution in [2.45, 2.75) is 38.8 Å². The molecule has 0 aliphatic heterocycles. The van der Waals surface area contributed by atoms with Crippen LogP contribution in [0.4, 0.5) is 0 Å². The van der Waals surface area contributed by atoms with Crippen molar-refractivity contribution in [3.05, 3.63) is 41.7 Å². The van der Waals surface area contributed by atoms with Crippen LogP contribution in [0.25, 0.3) is 11.4 Å². The van der Waals surface area contributed by atoms with Crippen molar-refractivity contribution in [2.24, 2.45) is 5.73 Å². The Morgan fingerprint density at radius 1 is 1.44 bits per heavy atom. The van der Waals surface area contributed by atoms with E-state index in [0.717, 1.165) is 31.6 Å². The first-order valence-electron chi connectivity index (χ1n) is 6.70. The second-order valence-corrected chi connectivity index (χ2v) is 4.96. The van der Waals surface area contributed by atoms with Crippen LogP contribution >= 0.6 is 0 Å². The second kappa shape index (κ2) is 4.58. The van der Waals surface area contributed by atoms with Gasteiger partial charge < -0.3 is 10.3 Å². The van der Waals surface area contributed by atoms with E-state index in [9.17, 15) is 0 Å². The van der Waals surface area contributed by atoms with Gasteiger partial charge in [0, 0.05) is 30.5 Å². The van der Waals surface area contributed by atoms with E-state index in [2.05, 4.69) is 40.9 Å². The molecule has 3 nitrogen and oxygen atoms in total. The van der Waals surface area contributed by atoms with Crippen LogP contribution in [0.15, 0.2) is 30.6 Å². The molecule has 1 aliphatic carbocycles. The Morgan fingerprint density at radius 2 is 2.33 bits per heavy atom. The Hall–Kier alpha value is -1.61. The van der Waals surface area contributed by atoms with Gasteiger partial charge >= 0.3 is 0 Å². The summed E-state index contributed by atoms with van der Waals surface area (Å²) in [5.41, 5.74) is 10.1. The van der Waals surface area contributed by atoms with Crippen LogP contribution in [-0.4, -0.2) is 9.55 Å². The zero-order chi connectivity index (χ0) is 12.5. The van der Waals surface area contributed by atoms with Crippen molar-refractivity contribution in [3.63, 3.8) is 0 Å². The van der Waals surface area contributed by atoms with Crippen molar-refractivity contribution in [2.75, 3.05) is 0 Å². The number of imidazole rings is 1. The average Bonchev–Trinajstić information content (AvgIpc) is 2.98. The molecule has 0 spiro atoms. The van der Waals surface area contributed by atoms with E-state index >= 15 is 0 Å². The lowest BCUT2D eigenvalue weighted by Gasteiger charge is -2.11. The van der Waals surface area contributed by atoms with Gasteiger partial charge in [-0.2, -0.15) is 0 Å².